The maximum absolute atomic E-state index is 5.74. The highest BCUT2D eigenvalue weighted by Crippen LogP contribution is 2.29. The standard InChI is InChI=1S/C12H14ClNO/c1-7-5-8(12(2,3)4)6-9-10(7)15-11(13)14-9/h5-6H,1-4H3. The van der Waals surface area contributed by atoms with Crippen LogP contribution in [0.15, 0.2) is 16.5 Å². The second-order valence-electron chi connectivity index (χ2n) is 4.86. The van der Waals surface area contributed by atoms with Crippen molar-refractivity contribution in [3.05, 3.63) is 28.6 Å². The van der Waals surface area contributed by atoms with E-state index in [1.807, 2.05) is 13.0 Å². The van der Waals surface area contributed by atoms with Gasteiger partial charge in [0.15, 0.2) is 5.58 Å². The fraction of sp³-hybridized carbons (Fsp3) is 0.417. The molecule has 0 atom stereocenters. The molecular weight excluding hydrogens is 210 g/mol. The molecule has 3 heteroatoms. The topological polar surface area (TPSA) is 26.0 Å². The molecule has 0 saturated carbocycles. The summed E-state index contributed by atoms with van der Waals surface area (Å²) >= 11 is 5.74. The summed E-state index contributed by atoms with van der Waals surface area (Å²) in [6.07, 6.45) is 0. The number of aromatic nitrogens is 1. The first-order valence-electron chi connectivity index (χ1n) is 4.95. The number of aryl methyl sites for hydroxylation is 1. The lowest BCUT2D eigenvalue weighted by Gasteiger charge is -2.19. The van der Waals surface area contributed by atoms with Gasteiger partial charge in [-0.25, -0.2) is 0 Å². The van der Waals surface area contributed by atoms with Crippen molar-refractivity contribution in [2.75, 3.05) is 0 Å². The van der Waals surface area contributed by atoms with Crippen LogP contribution in [0, 0.1) is 6.92 Å². The van der Waals surface area contributed by atoms with Crippen LogP contribution in [-0.4, -0.2) is 4.98 Å². The molecule has 0 radical (unpaired) electrons. The Bertz CT molecular complexity index is 508. The molecule has 0 aliphatic rings. The number of hydrogen-bond donors (Lipinski definition) is 0. The van der Waals surface area contributed by atoms with Crippen LogP contribution < -0.4 is 0 Å². The summed E-state index contributed by atoms with van der Waals surface area (Å²) in [6.45, 7) is 8.54. The number of rotatable bonds is 0. The van der Waals surface area contributed by atoms with Crippen molar-refractivity contribution in [3.8, 4) is 0 Å². The molecule has 0 fully saturated rings. The molecule has 2 rings (SSSR count). The van der Waals surface area contributed by atoms with Crippen molar-refractivity contribution < 1.29 is 4.42 Å². The molecule has 0 amide bonds. The zero-order valence-electron chi connectivity index (χ0n) is 9.39. The van der Waals surface area contributed by atoms with Gasteiger partial charge in [0.25, 0.3) is 5.35 Å². The first-order valence-corrected chi connectivity index (χ1v) is 5.33. The van der Waals surface area contributed by atoms with Crippen LogP contribution in [0.25, 0.3) is 11.1 Å². The fourth-order valence-corrected chi connectivity index (χ4v) is 1.77. The maximum Gasteiger partial charge on any atom is 0.293 e. The van der Waals surface area contributed by atoms with Gasteiger partial charge in [-0.2, -0.15) is 4.98 Å². The Morgan fingerprint density at radius 3 is 2.53 bits per heavy atom. The molecular formula is C12H14ClNO. The van der Waals surface area contributed by atoms with Gasteiger partial charge in [-0.3, -0.25) is 0 Å². The van der Waals surface area contributed by atoms with Gasteiger partial charge in [0.2, 0.25) is 0 Å². The van der Waals surface area contributed by atoms with Crippen molar-refractivity contribution >= 4 is 22.7 Å². The first kappa shape index (κ1) is 10.5. The second-order valence-corrected chi connectivity index (χ2v) is 5.18. The van der Waals surface area contributed by atoms with Gasteiger partial charge in [0.1, 0.15) is 5.52 Å². The molecule has 2 aromatic rings. The molecule has 2 nitrogen and oxygen atoms in total. The van der Waals surface area contributed by atoms with E-state index in [-0.39, 0.29) is 10.8 Å². The predicted molar refractivity (Wildman–Crippen MR) is 62.5 cm³/mol. The molecule has 0 saturated heterocycles. The summed E-state index contributed by atoms with van der Waals surface area (Å²) in [7, 11) is 0. The third-order valence-corrected chi connectivity index (χ3v) is 2.68. The summed E-state index contributed by atoms with van der Waals surface area (Å²) in [5, 5.41) is 0.208. The number of nitrogens with zero attached hydrogens (tertiary/aromatic N) is 1. The molecule has 80 valence electrons. The summed E-state index contributed by atoms with van der Waals surface area (Å²) in [6, 6.07) is 4.17. The summed E-state index contributed by atoms with van der Waals surface area (Å²) < 4.78 is 5.32. The highest BCUT2D eigenvalue weighted by molar-refractivity contribution is 6.28. The Morgan fingerprint density at radius 1 is 1.27 bits per heavy atom. The van der Waals surface area contributed by atoms with E-state index in [0.29, 0.717) is 0 Å². The van der Waals surface area contributed by atoms with Gasteiger partial charge in [-0.15, -0.1) is 0 Å². The molecule has 0 aliphatic heterocycles. The summed E-state index contributed by atoms with van der Waals surface area (Å²) in [5.74, 6) is 0. The monoisotopic (exact) mass is 223 g/mol. The Hall–Kier alpha value is -1.02. The smallest absolute Gasteiger partial charge is 0.293 e. The number of fused-ring (bicyclic) bond motifs is 1. The highest BCUT2D eigenvalue weighted by Gasteiger charge is 2.17. The van der Waals surface area contributed by atoms with E-state index in [0.717, 1.165) is 16.7 Å². The van der Waals surface area contributed by atoms with Gasteiger partial charge in [-0.05, 0) is 41.1 Å². The third-order valence-electron chi connectivity index (χ3n) is 2.52. The van der Waals surface area contributed by atoms with Crippen LogP contribution in [0.5, 0.6) is 0 Å². The minimum Gasteiger partial charge on any atom is -0.427 e. The zero-order chi connectivity index (χ0) is 11.2. The van der Waals surface area contributed by atoms with Crippen molar-refractivity contribution in [2.45, 2.75) is 33.1 Å². The number of halogens is 1. The average Bonchev–Trinajstić information content (AvgIpc) is 2.44. The van der Waals surface area contributed by atoms with Gasteiger partial charge in [-0.1, -0.05) is 26.8 Å². The minimum atomic E-state index is 0.115. The van der Waals surface area contributed by atoms with Crippen LogP contribution in [0.2, 0.25) is 5.35 Å². The van der Waals surface area contributed by atoms with Gasteiger partial charge >= 0.3 is 0 Å². The van der Waals surface area contributed by atoms with E-state index in [4.69, 9.17) is 16.0 Å². The molecule has 0 N–H and O–H groups in total. The fourth-order valence-electron chi connectivity index (χ4n) is 1.61. The zero-order valence-corrected chi connectivity index (χ0v) is 10.1. The quantitative estimate of drug-likeness (QED) is 0.673. The lowest BCUT2D eigenvalue weighted by atomic mass is 9.86. The van der Waals surface area contributed by atoms with Crippen molar-refractivity contribution in [1.82, 2.24) is 4.98 Å². The first-order chi connectivity index (χ1) is 6.88. The van der Waals surface area contributed by atoms with Crippen LogP contribution >= 0.6 is 11.6 Å². The maximum atomic E-state index is 5.74. The normalized spacial score (nSPS) is 12.3. The van der Waals surface area contributed by atoms with Crippen LogP contribution in [-0.2, 0) is 5.41 Å². The molecule has 1 aromatic heterocycles. The molecule has 0 unspecified atom stereocenters. The minimum absolute atomic E-state index is 0.115. The second kappa shape index (κ2) is 3.24. The van der Waals surface area contributed by atoms with Crippen LogP contribution in [0.4, 0.5) is 0 Å². The molecule has 1 heterocycles. The van der Waals surface area contributed by atoms with E-state index >= 15 is 0 Å². The van der Waals surface area contributed by atoms with Crippen molar-refractivity contribution in [1.29, 1.82) is 0 Å². The summed E-state index contributed by atoms with van der Waals surface area (Å²) in [5.41, 5.74) is 4.07. The largest absolute Gasteiger partial charge is 0.427 e. The summed E-state index contributed by atoms with van der Waals surface area (Å²) in [4.78, 5) is 4.15. The SMILES string of the molecule is Cc1cc(C(C)(C)C)cc2nc(Cl)oc12. The highest BCUT2D eigenvalue weighted by atomic mass is 35.5. The molecule has 0 bridgehead atoms. The lowest BCUT2D eigenvalue weighted by molar-refractivity contribution is 0.587. The Morgan fingerprint density at radius 2 is 1.93 bits per heavy atom. The Kier molecular flexibility index (Phi) is 2.27. The molecule has 15 heavy (non-hydrogen) atoms. The van der Waals surface area contributed by atoms with Gasteiger partial charge < -0.3 is 4.42 Å². The Labute approximate surface area is 94.3 Å². The van der Waals surface area contributed by atoms with Crippen molar-refractivity contribution in [2.24, 2.45) is 0 Å². The third kappa shape index (κ3) is 1.86. The molecule has 0 aliphatic carbocycles. The molecule has 1 aromatic carbocycles. The van der Waals surface area contributed by atoms with E-state index in [1.54, 1.807) is 0 Å². The van der Waals surface area contributed by atoms with Gasteiger partial charge in [0.05, 0.1) is 0 Å². The number of oxazole rings is 1. The van der Waals surface area contributed by atoms with E-state index in [2.05, 4.69) is 31.8 Å². The van der Waals surface area contributed by atoms with Crippen LogP contribution in [0.3, 0.4) is 0 Å². The number of benzene rings is 1. The van der Waals surface area contributed by atoms with Crippen LogP contribution in [0.1, 0.15) is 31.9 Å². The van der Waals surface area contributed by atoms with Gasteiger partial charge in [0, 0.05) is 0 Å². The predicted octanol–water partition coefficient (Wildman–Crippen LogP) is 4.09. The lowest BCUT2D eigenvalue weighted by Crippen LogP contribution is -2.11. The Balaban J connectivity index is 2.72. The number of hydrogen-bond acceptors (Lipinski definition) is 2. The van der Waals surface area contributed by atoms with Crippen molar-refractivity contribution in [3.63, 3.8) is 0 Å². The average molecular weight is 224 g/mol. The van der Waals surface area contributed by atoms with E-state index in [9.17, 15) is 0 Å². The van der Waals surface area contributed by atoms with E-state index < -0.39 is 0 Å². The van der Waals surface area contributed by atoms with E-state index in [1.165, 1.54) is 5.56 Å². The molecule has 0 spiro atoms.